The first-order valence-corrected chi connectivity index (χ1v) is 26.0. The van der Waals surface area contributed by atoms with Gasteiger partial charge in [0, 0.05) is 31.1 Å². The molecule has 0 saturated heterocycles. The van der Waals surface area contributed by atoms with Crippen LogP contribution in [0.2, 0.25) is 0 Å². The normalized spacial score (nSPS) is 21.7. The molecule has 1 heterocycles. The Labute approximate surface area is 430 Å². The van der Waals surface area contributed by atoms with Gasteiger partial charge in [-0.25, -0.2) is 4.79 Å². The number of nitrogens with zero attached hydrogens (tertiary/aromatic N) is 2. The van der Waals surface area contributed by atoms with Gasteiger partial charge in [0.1, 0.15) is 35.5 Å². The first-order chi connectivity index (χ1) is 35.6. The van der Waals surface area contributed by atoms with Gasteiger partial charge in [-0.2, -0.15) is 0 Å². The van der Waals surface area contributed by atoms with Crippen LogP contribution >= 0.6 is 0 Å². The first-order valence-electron chi connectivity index (χ1n) is 26.0. The molecule has 1 saturated carbocycles. The number of rotatable bonds is 22. The van der Waals surface area contributed by atoms with Crippen LogP contribution in [0, 0.1) is 17.8 Å². The first kappa shape index (κ1) is 51.4. The minimum atomic E-state index is -1.50. The van der Waals surface area contributed by atoms with Gasteiger partial charge in [-0.05, 0) is 127 Å². The third-order valence-corrected chi connectivity index (χ3v) is 14.4. The number of aliphatic hydroxyl groups is 2. The van der Waals surface area contributed by atoms with Crippen molar-refractivity contribution >= 4 is 33.3 Å². The summed E-state index contributed by atoms with van der Waals surface area (Å²) in [5.74, 6) is -0.207. The van der Waals surface area contributed by atoms with Crippen LogP contribution in [-0.4, -0.2) is 77.4 Å². The number of carbonyl (C=O) groups is 1. The number of oxime groups is 1. The zero-order chi connectivity index (χ0) is 50.8. The fraction of sp³-hybridized carbons (Fsp3) is 0.387. The van der Waals surface area contributed by atoms with E-state index in [2.05, 4.69) is 67.3 Å². The molecule has 3 aliphatic rings. The number of allylic oxidation sites excluding steroid dienone is 1. The quantitative estimate of drug-likeness (QED) is 0.0388. The minimum absolute atomic E-state index is 0.0162. The average Bonchev–Trinajstić information content (AvgIpc) is 3.40. The number of ether oxygens (including phenoxy) is 5. The van der Waals surface area contributed by atoms with Crippen molar-refractivity contribution in [1.82, 2.24) is 4.90 Å². The van der Waals surface area contributed by atoms with Crippen LogP contribution < -0.4 is 9.47 Å². The van der Waals surface area contributed by atoms with Crippen LogP contribution in [0.1, 0.15) is 88.3 Å². The molecule has 11 nitrogen and oxygen atoms in total. The summed E-state index contributed by atoms with van der Waals surface area (Å²) in [5.41, 5.74) is 3.93. The van der Waals surface area contributed by atoms with E-state index in [1.807, 2.05) is 99.6 Å². The maximum absolute atomic E-state index is 15.3. The molecule has 73 heavy (non-hydrogen) atoms. The lowest BCUT2D eigenvalue weighted by molar-refractivity contribution is -0.256. The van der Waals surface area contributed by atoms with Crippen molar-refractivity contribution in [3.8, 4) is 17.2 Å². The molecule has 2 aliphatic carbocycles. The highest BCUT2D eigenvalue weighted by Crippen LogP contribution is 2.62. The summed E-state index contributed by atoms with van der Waals surface area (Å²) in [5, 5.41) is 29.5. The van der Waals surface area contributed by atoms with Crippen molar-refractivity contribution in [3.63, 3.8) is 0 Å². The van der Waals surface area contributed by atoms with Crippen LogP contribution in [-0.2, 0) is 32.2 Å². The Bertz CT molecular complexity index is 2890. The lowest BCUT2D eigenvalue weighted by Gasteiger charge is -2.60. The monoisotopic (exact) mass is 987 g/mol. The van der Waals surface area contributed by atoms with Gasteiger partial charge in [0.25, 0.3) is 0 Å². The third-order valence-electron chi connectivity index (χ3n) is 14.4. The van der Waals surface area contributed by atoms with Gasteiger partial charge in [0.2, 0.25) is 5.79 Å². The van der Waals surface area contributed by atoms with E-state index >= 15 is 4.79 Å². The third kappa shape index (κ3) is 11.8. The van der Waals surface area contributed by atoms with Crippen molar-refractivity contribution in [1.29, 1.82) is 0 Å². The highest BCUT2D eigenvalue weighted by Gasteiger charge is 2.66. The average molecular weight is 987 g/mol. The second-order valence-electron chi connectivity index (χ2n) is 20.5. The van der Waals surface area contributed by atoms with Crippen molar-refractivity contribution in [3.05, 3.63) is 174 Å². The molecule has 0 spiro atoms. The molecule has 1 aliphatic heterocycles. The van der Waals surface area contributed by atoms with Gasteiger partial charge in [-0.15, -0.1) is 6.58 Å². The molecule has 6 aromatic carbocycles. The lowest BCUT2D eigenvalue weighted by Crippen LogP contribution is -2.70. The number of carbonyl (C=O) groups excluding carboxylic acids is 1. The van der Waals surface area contributed by atoms with Crippen LogP contribution in [0.3, 0.4) is 0 Å². The van der Waals surface area contributed by atoms with Gasteiger partial charge in [0.05, 0.1) is 38.0 Å². The zero-order valence-electron chi connectivity index (χ0n) is 42.5. The van der Waals surface area contributed by atoms with Gasteiger partial charge in [0.15, 0.2) is 0 Å². The fourth-order valence-electron chi connectivity index (χ4n) is 11.2. The molecule has 0 aromatic heterocycles. The van der Waals surface area contributed by atoms with E-state index in [1.165, 1.54) is 0 Å². The van der Waals surface area contributed by atoms with Gasteiger partial charge in [-0.1, -0.05) is 133 Å². The maximum atomic E-state index is 15.3. The Kier molecular flexibility index (Phi) is 16.6. The Balaban J connectivity index is 1.21. The second-order valence-corrected chi connectivity index (χ2v) is 20.5. The maximum Gasteiger partial charge on any atom is 0.410 e. The molecular formula is C62H70N2O9. The van der Waals surface area contributed by atoms with Crippen molar-refractivity contribution in [2.45, 2.75) is 102 Å². The molecule has 1 amide bonds. The van der Waals surface area contributed by atoms with E-state index in [1.54, 1.807) is 11.0 Å². The summed E-state index contributed by atoms with van der Waals surface area (Å²) in [6.45, 7) is 11.1. The number of aliphatic hydroxyl groups excluding tert-OH is 2. The number of amides is 1. The van der Waals surface area contributed by atoms with E-state index in [-0.39, 0.29) is 63.8 Å². The van der Waals surface area contributed by atoms with Crippen LogP contribution in [0.5, 0.6) is 17.2 Å². The van der Waals surface area contributed by atoms with E-state index in [0.717, 1.165) is 69.5 Å². The number of benzene rings is 6. The SMILES string of the molecule is C=CCOC12Oc3ccc(Oc4ccc5ccccc5c4)cc3C3C(CCCCO)C(CCCCO)C=C(C(=NOC(C)(C)C)CC1N(Cc1cccc4ccccc14)C(=O)OCCOCc1ccccc1)C32. The van der Waals surface area contributed by atoms with Gasteiger partial charge < -0.3 is 38.7 Å². The number of hydrogen-bond acceptors (Lipinski definition) is 10. The predicted octanol–water partition coefficient (Wildman–Crippen LogP) is 13.1. The van der Waals surface area contributed by atoms with E-state index in [4.69, 9.17) is 33.7 Å². The van der Waals surface area contributed by atoms with Crippen LogP contribution in [0.15, 0.2) is 163 Å². The Hall–Kier alpha value is -6.50. The smallest absolute Gasteiger partial charge is 0.410 e. The highest BCUT2D eigenvalue weighted by atomic mass is 16.7. The van der Waals surface area contributed by atoms with Crippen molar-refractivity contribution < 1.29 is 43.5 Å². The highest BCUT2D eigenvalue weighted by molar-refractivity contribution is 6.03. The molecule has 0 radical (unpaired) electrons. The van der Waals surface area contributed by atoms with E-state index < -0.39 is 29.4 Å². The van der Waals surface area contributed by atoms with Gasteiger partial charge >= 0.3 is 6.09 Å². The van der Waals surface area contributed by atoms with Crippen molar-refractivity contribution in [2.75, 3.05) is 33.0 Å². The molecule has 0 bridgehead atoms. The number of unbranched alkanes of at least 4 members (excludes halogenated alkanes) is 2. The lowest BCUT2D eigenvalue weighted by atomic mass is 9.55. The summed E-state index contributed by atoms with van der Waals surface area (Å²) >= 11 is 0. The van der Waals surface area contributed by atoms with Gasteiger partial charge in [-0.3, -0.25) is 4.90 Å². The van der Waals surface area contributed by atoms with Crippen LogP contribution in [0.4, 0.5) is 4.79 Å². The summed E-state index contributed by atoms with van der Waals surface area (Å²) in [6, 6.07) is 43.8. The van der Waals surface area contributed by atoms with E-state index in [9.17, 15) is 10.2 Å². The minimum Gasteiger partial charge on any atom is -0.459 e. The van der Waals surface area contributed by atoms with Crippen molar-refractivity contribution in [2.24, 2.45) is 22.9 Å². The van der Waals surface area contributed by atoms with E-state index in [0.29, 0.717) is 42.4 Å². The number of fused-ring (bicyclic) bond motifs is 4. The largest absolute Gasteiger partial charge is 0.459 e. The molecule has 1 fully saturated rings. The van der Waals surface area contributed by atoms with Crippen LogP contribution in [0.25, 0.3) is 21.5 Å². The standard InChI is InChI=1S/C62H70N2O9/c1-5-34-70-62-57(64(41-48-25-17-24-45-21-11-12-26-51(45)48)60(67)69-36-35-68-42-43-18-7-6-8-19-43)40-55(63-73-61(2,3)4)53-38-47(23-13-15-32-65)52(27-14-16-33-66)58(59(53)62)54-39-50(30-31-56(54)72-62)71-49-29-28-44-20-9-10-22-46(44)37-49/h5-12,17-22,24-26,28-31,37-39,47,52,57-59,65-66H,1,13-16,23,27,32-36,40-42H2,2-4H3. The summed E-state index contributed by atoms with van der Waals surface area (Å²) in [7, 11) is 0. The molecular weight excluding hydrogens is 917 g/mol. The summed E-state index contributed by atoms with van der Waals surface area (Å²) in [4.78, 5) is 23.5. The summed E-state index contributed by atoms with van der Waals surface area (Å²) in [6.07, 6.45) is 8.30. The number of hydrogen-bond donors (Lipinski definition) is 2. The Morgan fingerprint density at radius 3 is 2.30 bits per heavy atom. The Morgan fingerprint density at radius 1 is 0.808 bits per heavy atom. The molecule has 6 aromatic rings. The predicted molar refractivity (Wildman–Crippen MR) is 287 cm³/mol. The molecule has 6 atom stereocenters. The molecule has 382 valence electrons. The molecule has 6 unspecified atom stereocenters. The zero-order valence-corrected chi connectivity index (χ0v) is 42.5. The molecule has 2 N–H and O–H groups in total. The summed E-state index contributed by atoms with van der Waals surface area (Å²) < 4.78 is 33.9. The second kappa shape index (κ2) is 23.6. The Morgan fingerprint density at radius 2 is 1.52 bits per heavy atom. The molecule has 11 heteroatoms. The fourth-order valence-corrected chi connectivity index (χ4v) is 11.2. The molecule has 9 rings (SSSR count). The topological polar surface area (TPSA) is 129 Å².